The molecule has 0 atom stereocenters. The van der Waals surface area contributed by atoms with E-state index in [1.165, 1.54) is 17.0 Å². The Labute approximate surface area is 147 Å². The lowest BCUT2D eigenvalue weighted by atomic mass is 10.2. The van der Waals surface area contributed by atoms with Crippen molar-refractivity contribution in [2.45, 2.75) is 13.1 Å². The largest absolute Gasteiger partial charge is 0.476 e. The SMILES string of the molecule is O=C(c1cc2n(n1)CCO2)N(Cc1ccccn1)c1ccc(F)cc1F. The summed E-state index contributed by atoms with van der Waals surface area (Å²) >= 11 is 0. The summed E-state index contributed by atoms with van der Waals surface area (Å²) in [5.41, 5.74) is 0.642. The third kappa shape index (κ3) is 3.01. The van der Waals surface area contributed by atoms with Crippen LogP contribution in [0.15, 0.2) is 48.7 Å². The summed E-state index contributed by atoms with van der Waals surface area (Å²) in [7, 11) is 0. The molecule has 8 heteroatoms. The maximum Gasteiger partial charge on any atom is 0.279 e. The van der Waals surface area contributed by atoms with Crippen molar-refractivity contribution < 1.29 is 18.3 Å². The van der Waals surface area contributed by atoms with Gasteiger partial charge in [-0.15, -0.1) is 0 Å². The average Bonchev–Trinajstić information content (AvgIpc) is 3.22. The Kier molecular flexibility index (Phi) is 4.08. The monoisotopic (exact) mass is 356 g/mol. The van der Waals surface area contributed by atoms with E-state index >= 15 is 0 Å². The fraction of sp³-hybridized carbons (Fsp3) is 0.167. The van der Waals surface area contributed by atoms with Gasteiger partial charge in [0, 0.05) is 18.3 Å². The molecule has 0 saturated heterocycles. The summed E-state index contributed by atoms with van der Waals surface area (Å²) < 4.78 is 34.6. The number of hydrogen-bond acceptors (Lipinski definition) is 4. The molecule has 0 spiro atoms. The summed E-state index contributed by atoms with van der Waals surface area (Å²) in [4.78, 5) is 18.4. The molecule has 1 amide bonds. The molecule has 2 aromatic heterocycles. The van der Waals surface area contributed by atoms with Gasteiger partial charge in [0.1, 0.15) is 18.2 Å². The van der Waals surface area contributed by atoms with Gasteiger partial charge in [0.25, 0.3) is 5.91 Å². The Morgan fingerprint density at radius 3 is 2.85 bits per heavy atom. The van der Waals surface area contributed by atoms with Gasteiger partial charge in [-0.1, -0.05) is 6.07 Å². The molecule has 1 aliphatic rings. The van der Waals surface area contributed by atoms with E-state index in [1.807, 2.05) is 0 Å². The summed E-state index contributed by atoms with van der Waals surface area (Å²) in [5, 5.41) is 4.21. The Morgan fingerprint density at radius 2 is 2.12 bits per heavy atom. The van der Waals surface area contributed by atoms with Crippen LogP contribution in [0.4, 0.5) is 14.5 Å². The molecule has 132 valence electrons. The molecule has 4 rings (SSSR count). The fourth-order valence-corrected chi connectivity index (χ4v) is 2.78. The van der Waals surface area contributed by atoms with Gasteiger partial charge in [-0.25, -0.2) is 13.5 Å². The first-order valence-electron chi connectivity index (χ1n) is 7.99. The van der Waals surface area contributed by atoms with E-state index in [0.29, 0.717) is 24.7 Å². The number of rotatable bonds is 4. The molecule has 3 aromatic rings. The quantitative estimate of drug-likeness (QED) is 0.721. The second-order valence-electron chi connectivity index (χ2n) is 5.75. The molecular formula is C18H14F2N4O2. The van der Waals surface area contributed by atoms with Gasteiger partial charge in [0.05, 0.1) is 24.5 Å². The maximum absolute atomic E-state index is 14.3. The van der Waals surface area contributed by atoms with Crippen LogP contribution in [-0.4, -0.2) is 27.3 Å². The van der Waals surface area contributed by atoms with Gasteiger partial charge >= 0.3 is 0 Å². The van der Waals surface area contributed by atoms with Crippen LogP contribution in [0.5, 0.6) is 5.88 Å². The van der Waals surface area contributed by atoms with Crippen LogP contribution < -0.4 is 9.64 Å². The van der Waals surface area contributed by atoms with Gasteiger partial charge in [-0.3, -0.25) is 14.7 Å². The molecule has 1 aromatic carbocycles. The smallest absolute Gasteiger partial charge is 0.279 e. The molecule has 6 nitrogen and oxygen atoms in total. The third-order valence-electron chi connectivity index (χ3n) is 4.01. The molecular weight excluding hydrogens is 342 g/mol. The number of aromatic nitrogens is 3. The van der Waals surface area contributed by atoms with E-state index in [0.717, 1.165) is 12.1 Å². The van der Waals surface area contributed by atoms with E-state index < -0.39 is 17.5 Å². The number of amides is 1. The summed E-state index contributed by atoms with van der Waals surface area (Å²) in [5.74, 6) is -1.58. The molecule has 0 radical (unpaired) electrons. The Hall–Kier alpha value is -3.29. The molecule has 26 heavy (non-hydrogen) atoms. The second kappa shape index (κ2) is 6.55. The topological polar surface area (TPSA) is 60.3 Å². The highest BCUT2D eigenvalue weighted by Crippen LogP contribution is 2.26. The van der Waals surface area contributed by atoms with Crippen molar-refractivity contribution in [2.24, 2.45) is 0 Å². The van der Waals surface area contributed by atoms with Gasteiger partial charge in [-0.05, 0) is 24.3 Å². The van der Waals surface area contributed by atoms with Crippen LogP contribution in [0.25, 0.3) is 0 Å². The second-order valence-corrected chi connectivity index (χ2v) is 5.75. The fourth-order valence-electron chi connectivity index (χ4n) is 2.78. The average molecular weight is 356 g/mol. The van der Waals surface area contributed by atoms with Crippen LogP contribution in [-0.2, 0) is 13.1 Å². The van der Waals surface area contributed by atoms with Crippen LogP contribution >= 0.6 is 0 Å². The first-order valence-corrected chi connectivity index (χ1v) is 7.99. The summed E-state index contributed by atoms with van der Waals surface area (Å²) in [6.07, 6.45) is 1.58. The van der Waals surface area contributed by atoms with Crippen molar-refractivity contribution in [2.75, 3.05) is 11.5 Å². The van der Waals surface area contributed by atoms with Crippen LogP contribution in [0.1, 0.15) is 16.2 Å². The normalized spacial score (nSPS) is 12.5. The number of fused-ring (bicyclic) bond motifs is 1. The highest BCUT2D eigenvalue weighted by Gasteiger charge is 2.26. The Balaban J connectivity index is 1.72. The van der Waals surface area contributed by atoms with Crippen molar-refractivity contribution in [1.82, 2.24) is 14.8 Å². The third-order valence-corrected chi connectivity index (χ3v) is 4.01. The van der Waals surface area contributed by atoms with Gasteiger partial charge in [0.15, 0.2) is 5.69 Å². The molecule has 0 saturated carbocycles. The predicted molar refractivity (Wildman–Crippen MR) is 88.8 cm³/mol. The Morgan fingerprint density at radius 1 is 1.23 bits per heavy atom. The molecule has 0 fully saturated rings. The molecule has 0 unspecified atom stereocenters. The minimum Gasteiger partial charge on any atom is -0.476 e. The summed E-state index contributed by atoms with van der Waals surface area (Å²) in [6.45, 7) is 1.07. The van der Waals surface area contributed by atoms with E-state index in [1.54, 1.807) is 29.1 Å². The molecule has 0 aliphatic carbocycles. The molecule has 0 bridgehead atoms. The zero-order valence-corrected chi connectivity index (χ0v) is 13.6. The van der Waals surface area contributed by atoms with Crippen LogP contribution in [0, 0.1) is 11.6 Å². The van der Waals surface area contributed by atoms with Crippen molar-refractivity contribution in [3.8, 4) is 5.88 Å². The maximum atomic E-state index is 14.3. The van der Waals surface area contributed by atoms with Gasteiger partial charge in [-0.2, -0.15) is 5.10 Å². The predicted octanol–water partition coefficient (Wildman–Crippen LogP) is 2.80. The number of halogens is 2. The standard InChI is InChI=1S/C18H14F2N4O2/c19-12-4-5-16(14(20)9-12)23(11-13-3-1-2-6-21-13)18(25)15-10-17-24(22-15)7-8-26-17/h1-6,9-10H,7-8,11H2. The van der Waals surface area contributed by atoms with Gasteiger partial charge < -0.3 is 4.74 Å². The van der Waals surface area contributed by atoms with Crippen LogP contribution in [0.3, 0.4) is 0 Å². The van der Waals surface area contributed by atoms with Crippen molar-refractivity contribution >= 4 is 11.6 Å². The van der Waals surface area contributed by atoms with E-state index in [9.17, 15) is 13.6 Å². The summed E-state index contributed by atoms with van der Waals surface area (Å²) in [6, 6.07) is 9.82. The lowest BCUT2D eigenvalue weighted by Gasteiger charge is -2.22. The highest BCUT2D eigenvalue weighted by molar-refractivity contribution is 6.05. The minimum absolute atomic E-state index is 0.0191. The number of anilines is 1. The molecule has 0 N–H and O–H groups in total. The van der Waals surface area contributed by atoms with Crippen LogP contribution in [0.2, 0.25) is 0 Å². The first-order chi connectivity index (χ1) is 12.6. The minimum atomic E-state index is -0.836. The first kappa shape index (κ1) is 16.2. The number of hydrogen-bond donors (Lipinski definition) is 0. The number of carbonyl (C=O) groups excluding carboxylic acids is 1. The van der Waals surface area contributed by atoms with E-state index in [4.69, 9.17) is 4.74 Å². The van der Waals surface area contributed by atoms with E-state index in [2.05, 4.69) is 10.1 Å². The number of carbonyl (C=O) groups is 1. The zero-order chi connectivity index (χ0) is 18.1. The molecule has 1 aliphatic heterocycles. The number of benzene rings is 1. The van der Waals surface area contributed by atoms with Crippen molar-refractivity contribution in [3.05, 3.63) is 71.7 Å². The Bertz CT molecular complexity index is 938. The number of ether oxygens (including phenoxy) is 1. The zero-order valence-electron chi connectivity index (χ0n) is 13.6. The number of pyridine rings is 1. The lowest BCUT2D eigenvalue weighted by Crippen LogP contribution is -2.32. The highest BCUT2D eigenvalue weighted by atomic mass is 19.1. The van der Waals surface area contributed by atoms with Crippen molar-refractivity contribution in [1.29, 1.82) is 0 Å². The lowest BCUT2D eigenvalue weighted by molar-refractivity contribution is 0.0978. The van der Waals surface area contributed by atoms with Crippen molar-refractivity contribution in [3.63, 3.8) is 0 Å². The number of nitrogens with zero attached hydrogens (tertiary/aromatic N) is 4. The molecule has 3 heterocycles. The van der Waals surface area contributed by atoms with Gasteiger partial charge in [0.2, 0.25) is 5.88 Å². The van der Waals surface area contributed by atoms with E-state index in [-0.39, 0.29) is 17.9 Å².